The average molecular weight is 420 g/mol. The van der Waals surface area contributed by atoms with Crippen LogP contribution in [0.5, 0.6) is 0 Å². The van der Waals surface area contributed by atoms with Crippen molar-refractivity contribution in [1.82, 2.24) is 4.90 Å². The lowest BCUT2D eigenvalue weighted by Crippen LogP contribution is -2.26. The van der Waals surface area contributed by atoms with Gasteiger partial charge in [0.2, 0.25) is 0 Å². The Morgan fingerprint density at radius 1 is 1.15 bits per heavy atom. The summed E-state index contributed by atoms with van der Waals surface area (Å²) >= 11 is 14.0. The predicted octanol–water partition coefficient (Wildman–Crippen LogP) is 4.87. The minimum Gasteiger partial charge on any atom is -0.337 e. The molecule has 0 saturated heterocycles. The van der Waals surface area contributed by atoms with Crippen LogP contribution in [0.15, 0.2) is 42.5 Å². The molecular formula is C15H12Cl2INO. The summed E-state index contributed by atoms with van der Waals surface area (Å²) in [7, 11) is 1.76. The van der Waals surface area contributed by atoms with Crippen molar-refractivity contribution >= 4 is 51.7 Å². The fourth-order valence-corrected chi connectivity index (χ4v) is 2.80. The standard InChI is InChI=1S/C15H12Cl2INO/c1-19(9-10-3-2-4-11(16)7-10)15(20)13-8-12(17)5-6-14(13)18/h2-8H,9H2,1H3. The highest BCUT2D eigenvalue weighted by atomic mass is 127. The summed E-state index contributed by atoms with van der Waals surface area (Å²) in [6.45, 7) is 0.502. The molecule has 0 atom stereocenters. The molecule has 0 bridgehead atoms. The highest BCUT2D eigenvalue weighted by molar-refractivity contribution is 14.1. The van der Waals surface area contributed by atoms with Gasteiger partial charge in [-0.1, -0.05) is 35.3 Å². The summed E-state index contributed by atoms with van der Waals surface area (Å²) in [5, 5.41) is 1.23. The van der Waals surface area contributed by atoms with Gasteiger partial charge in [0.05, 0.1) is 5.56 Å². The van der Waals surface area contributed by atoms with E-state index >= 15 is 0 Å². The third kappa shape index (κ3) is 3.87. The van der Waals surface area contributed by atoms with Crippen LogP contribution in [0.4, 0.5) is 0 Å². The Bertz CT molecular complexity index is 646. The van der Waals surface area contributed by atoms with Gasteiger partial charge in [-0.3, -0.25) is 4.79 Å². The van der Waals surface area contributed by atoms with Gasteiger partial charge >= 0.3 is 0 Å². The summed E-state index contributed by atoms with van der Waals surface area (Å²) in [6, 6.07) is 12.8. The van der Waals surface area contributed by atoms with E-state index in [1.54, 1.807) is 24.1 Å². The topological polar surface area (TPSA) is 20.3 Å². The van der Waals surface area contributed by atoms with Gasteiger partial charge in [0.25, 0.3) is 5.91 Å². The molecule has 2 aromatic carbocycles. The third-order valence-electron chi connectivity index (χ3n) is 2.81. The Kier molecular flexibility index (Phi) is 5.29. The fourth-order valence-electron chi connectivity index (χ4n) is 1.85. The zero-order valence-corrected chi connectivity index (χ0v) is 14.4. The predicted molar refractivity (Wildman–Crippen MR) is 91.4 cm³/mol. The molecule has 2 nitrogen and oxygen atoms in total. The van der Waals surface area contributed by atoms with E-state index < -0.39 is 0 Å². The Morgan fingerprint density at radius 2 is 1.85 bits per heavy atom. The van der Waals surface area contributed by atoms with Crippen molar-refractivity contribution in [2.24, 2.45) is 0 Å². The van der Waals surface area contributed by atoms with Crippen LogP contribution in [0.3, 0.4) is 0 Å². The number of carbonyl (C=O) groups is 1. The van der Waals surface area contributed by atoms with Crippen LogP contribution in [0, 0.1) is 3.57 Å². The normalized spacial score (nSPS) is 10.4. The largest absolute Gasteiger partial charge is 0.337 e. The maximum Gasteiger partial charge on any atom is 0.255 e. The van der Waals surface area contributed by atoms with Gasteiger partial charge in [0.1, 0.15) is 0 Å². The van der Waals surface area contributed by atoms with Crippen molar-refractivity contribution in [1.29, 1.82) is 0 Å². The van der Waals surface area contributed by atoms with Crippen LogP contribution >= 0.6 is 45.8 Å². The zero-order valence-electron chi connectivity index (χ0n) is 10.7. The van der Waals surface area contributed by atoms with Crippen molar-refractivity contribution in [2.75, 3.05) is 7.05 Å². The van der Waals surface area contributed by atoms with Gasteiger partial charge in [-0.2, -0.15) is 0 Å². The Hall–Kier alpha value is -0.780. The van der Waals surface area contributed by atoms with Crippen molar-refractivity contribution in [2.45, 2.75) is 6.54 Å². The van der Waals surface area contributed by atoms with E-state index in [0.29, 0.717) is 22.2 Å². The second kappa shape index (κ2) is 6.78. The minimum absolute atomic E-state index is 0.0584. The summed E-state index contributed by atoms with van der Waals surface area (Å²) in [6.07, 6.45) is 0. The molecule has 2 aromatic rings. The first-order valence-corrected chi connectivity index (χ1v) is 7.76. The van der Waals surface area contributed by atoms with E-state index in [1.807, 2.05) is 30.3 Å². The van der Waals surface area contributed by atoms with E-state index in [0.717, 1.165) is 9.13 Å². The maximum atomic E-state index is 12.4. The first-order chi connectivity index (χ1) is 9.47. The van der Waals surface area contributed by atoms with Gasteiger partial charge in [-0.05, 0) is 58.5 Å². The first kappa shape index (κ1) is 15.6. The third-order valence-corrected chi connectivity index (χ3v) is 4.23. The molecule has 5 heteroatoms. The van der Waals surface area contributed by atoms with E-state index in [-0.39, 0.29) is 5.91 Å². The summed E-state index contributed by atoms with van der Waals surface area (Å²) < 4.78 is 0.884. The number of hydrogen-bond donors (Lipinski definition) is 0. The lowest BCUT2D eigenvalue weighted by molar-refractivity contribution is 0.0784. The summed E-state index contributed by atoms with van der Waals surface area (Å²) in [5.74, 6) is -0.0584. The molecule has 1 amide bonds. The van der Waals surface area contributed by atoms with E-state index in [2.05, 4.69) is 22.6 Å². The summed E-state index contributed by atoms with van der Waals surface area (Å²) in [5.41, 5.74) is 1.60. The number of benzene rings is 2. The molecular weight excluding hydrogens is 408 g/mol. The molecule has 0 N–H and O–H groups in total. The number of carbonyl (C=O) groups excluding carboxylic acids is 1. The van der Waals surface area contributed by atoms with Crippen molar-refractivity contribution < 1.29 is 4.79 Å². The van der Waals surface area contributed by atoms with Crippen LogP contribution < -0.4 is 0 Å². The highest BCUT2D eigenvalue weighted by Crippen LogP contribution is 2.20. The van der Waals surface area contributed by atoms with Crippen molar-refractivity contribution in [3.63, 3.8) is 0 Å². The van der Waals surface area contributed by atoms with Gasteiger partial charge in [0.15, 0.2) is 0 Å². The molecule has 0 fully saturated rings. The maximum absolute atomic E-state index is 12.4. The smallest absolute Gasteiger partial charge is 0.255 e. The van der Waals surface area contributed by atoms with E-state index in [4.69, 9.17) is 23.2 Å². The van der Waals surface area contributed by atoms with Crippen LogP contribution in [-0.2, 0) is 6.54 Å². The first-order valence-electron chi connectivity index (χ1n) is 5.92. The average Bonchev–Trinajstić information content (AvgIpc) is 2.40. The van der Waals surface area contributed by atoms with Crippen molar-refractivity contribution in [3.8, 4) is 0 Å². The van der Waals surface area contributed by atoms with Crippen LogP contribution in [0.25, 0.3) is 0 Å². The molecule has 2 rings (SSSR count). The molecule has 0 spiro atoms. The molecule has 0 aliphatic carbocycles. The molecule has 20 heavy (non-hydrogen) atoms. The second-order valence-electron chi connectivity index (χ2n) is 4.42. The SMILES string of the molecule is CN(Cc1cccc(Cl)c1)C(=O)c1cc(Cl)ccc1I. The molecule has 104 valence electrons. The van der Waals surface area contributed by atoms with Gasteiger partial charge in [-0.15, -0.1) is 0 Å². The monoisotopic (exact) mass is 419 g/mol. The summed E-state index contributed by atoms with van der Waals surface area (Å²) in [4.78, 5) is 14.1. The van der Waals surface area contributed by atoms with Crippen LogP contribution in [-0.4, -0.2) is 17.9 Å². The number of hydrogen-bond acceptors (Lipinski definition) is 1. The molecule has 0 saturated carbocycles. The highest BCUT2D eigenvalue weighted by Gasteiger charge is 2.15. The molecule has 0 aliphatic heterocycles. The molecule has 0 unspecified atom stereocenters. The lowest BCUT2D eigenvalue weighted by Gasteiger charge is -2.18. The van der Waals surface area contributed by atoms with Gasteiger partial charge in [0, 0.05) is 27.2 Å². The number of halogens is 3. The van der Waals surface area contributed by atoms with Crippen LogP contribution in [0.1, 0.15) is 15.9 Å². The van der Waals surface area contributed by atoms with Gasteiger partial charge in [-0.25, -0.2) is 0 Å². The molecule has 0 aliphatic rings. The minimum atomic E-state index is -0.0584. The van der Waals surface area contributed by atoms with Crippen LogP contribution in [0.2, 0.25) is 10.0 Å². The zero-order chi connectivity index (χ0) is 14.7. The number of amides is 1. The lowest BCUT2D eigenvalue weighted by atomic mass is 10.1. The van der Waals surface area contributed by atoms with Gasteiger partial charge < -0.3 is 4.90 Å². The second-order valence-corrected chi connectivity index (χ2v) is 6.45. The van der Waals surface area contributed by atoms with Crippen molar-refractivity contribution in [3.05, 3.63) is 67.2 Å². The number of nitrogens with zero attached hydrogens (tertiary/aromatic N) is 1. The molecule has 0 heterocycles. The Morgan fingerprint density at radius 3 is 2.55 bits per heavy atom. The quantitative estimate of drug-likeness (QED) is 0.650. The van der Waals surface area contributed by atoms with E-state index in [9.17, 15) is 4.79 Å². The number of rotatable bonds is 3. The molecule has 0 aromatic heterocycles. The fraction of sp³-hybridized carbons (Fsp3) is 0.133. The molecule has 0 radical (unpaired) electrons. The Balaban J connectivity index is 2.18. The van der Waals surface area contributed by atoms with E-state index in [1.165, 1.54) is 0 Å². The Labute approximate surface area is 141 Å².